The highest BCUT2D eigenvalue weighted by atomic mass is 35.5. The number of halogens is 3. The molecule has 0 saturated heterocycles. The number of hydrogen-bond acceptors (Lipinski definition) is 6. The van der Waals surface area contributed by atoms with Gasteiger partial charge in [0.2, 0.25) is 5.78 Å². The number of carbonyl (C=O) groups excluding carboxylic acids is 2. The van der Waals surface area contributed by atoms with Gasteiger partial charge in [0.05, 0.1) is 4.92 Å². The number of carbonyl (C=O) groups is 2. The Hall–Kier alpha value is -3.07. The molecule has 0 aromatic heterocycles. The van der Waals surface area contributed by atoms with Crippen molar-refractivity contribution < 1.29 is 32.8 Å². The van der Waals surface area contributed by atoms with Crippen LogP contribution in [0.5, 0.6) is 5.75 Å². The first-order valence-electron chi connectivity index (χ1n) is 7.43. The van der Waals surface area contributed by atoms with E-state index >= 15 is 0 Å². The molecule has 7 nitrogen and oxygen atoms in total. The predicted molar refractivity (Wildman–Crippen MR) is 90.4 cm³/mol. The highest BCUT2D eigenvalue weighted by molar-refractivity contribution is 6.31. The maximum absolute atomic E-state index is 12.3. The maximum atomic E-state index is 12.3. The molecule has 0 bridgehead atoms. The van der Waals surface area contributed by atoms with E-state index in [9.17, 15) is 28.5 Å². The van der Waals surface area contributed by atoms with Gasteiger partial charge in [0.1, 0.15) is 11.3 Å². The smallest absolute Gasteiger partial charge is 0.387 e. The molecule has 0 spiro atoms. The summed E-state index contributed by atoms with van der Waals surface area (Å²) in [7, 11) is 0. The van der Waals surface area contributed by atoms with Crippen LogP contribution >= 0.6 is 11.6 Å². The van der Waals surface area contributed by atoms with E-state index in [1.54, 1.807) is 0 Å². The number of esters is 1. The number of hydrogen-bond donors (Lipinski definition) is 0. The van der Waals surface area contributed by atoms with E-state index in [0.717, 1.165) is 24.3 Å². The molecular formula is C17H12ClF2NO6. The predicted octanol–water partition coefficient (Wildman–Crippen LogP) is 4.28. The number of nitrogens with zero attached hydrogens (tertiary/aromatic N) is 1. The van der Waals surface area contributed by atoms with Crippen molar-refractivity contribution in [2.45, 2.75) is 19.6 Å². The minimum atomic E-state index is -3.00. The molecular weight excluding hydrogens is 388 g/mol. The highest BCUT2D eigenvalue weighted by Crippen LogP contribution is 2.24. The average Bonchev–Trinajstić information content (AvgIpc) is 2.60. The molecule has 0 fully saturated rings. The highest BCUT2D eigenvalue weighted by Gasteiger charge is 2.26. The van der Waals surface area contributed by atoms with Gasteiger partial charge in [0, 0.05) is 16.7 Å². The molecule has 0 unspecified atom stereocenters. The second-order valence-corrected chi connectivity index (χ2v) is 5.67. The first-order valence-corrected chi connectivity index (χ1v) is 7.81. The van der Waals surface area contributed by atoms with E-state index < -0.39 is 40.6 Å². The van der Waals surface area contributed by atoms with Crippen molar-refractivity contribution in [2.24, 2.45) is 0 Å². The van der Waals surface area contributed by atoms with Crippen molar-refractivity contribution in [1.82, 2.24) is 0 Å². The van der Waals surface area contributed by atoms with Crippen LogP contribution in [-0.2, 0) is 4.74 Å². The molecule has 2 rings (SSSR count). The summed E-state index contributed by atoms with van der Waals surface area (Å²) >= 11 is 5.75. The number of nitro groups is 1. The second-order valence-electron chi connectivity index (χ2n) is 5.23. The van der Waals surface area contributed by atoms with E-state index in [4.69, 9.17) is 16.3 Å². The standard InChI is InChI=1S/C17H12ClF2NO6/c1-9(15(22)10-2-5-12(6-3-10)27-17(19)20)26-16(23)13-8-11(18)4-7-14(13)21(24)25/h2-9,17H,1H3/t9-/m0/s1. The Labute approximate surface area is 156 Å². The number of rotatable bonds is 7. The number of ketones is 1. The van der Waals surface area contributed by atoms with E-state index in [-0.39, 0.29) is 16.3 Å². The van der Waals surface area contributed by atoms with Crippen molar-refractivity contribution in [3.8, 4) is 5.75 Å². The SMILES string of the molecule is C[C@H](OC(=O)c1cc(Cl)ccc1[N+](=O)[O-])C(=O)c1ccc(OC(F)F)cc1. The zero-order valence-electron chi connectivity index (χ0n) is 13.7. The van der Waals surface area contributed by atoms with Gasteiger partial charge in [0.25, 0.3) is 5.69 Å². The minimum absolute atomic E-state index is 0.0810. The summed E-state index contributed by atoms with van der Waals surface area (Å²) in [5, 5.41) is 11.1. The van der Waals surface area contributed by atoms with Crippen LogP contribution in [0.1, 0.15) is 27.6 Å². The summed E-state index contributed by atoms with van der Waals surface area (Å²) in [6.07, 6.45) is -1.28. The fourth-order valence-corrected chi connectivity index (χ4v) is 2.32. The third-order valence-corrected chi connectivity index (χ3v) is 3.63. The van der Waals surface area contributed by atoms with Crippen molar-refractivity contribution >= 4 is 29.0 Å². The largest absolute Gasteiger partial charge is 0.450 e. The van der Waals surface area contributed by atoms with Crippen molar-refractivity contribution in [2.75, 3.05) is 0 Å². The molecule has 27 heavy (non-hydrogen) atoms. The van der Waals surface area contributed by atoms with E-state index in [2.05, 4.69) is 4.74 Å². The Kier molecular flexibility index (Phi) is 6.40. The van der Waals surface area contributed by atoms with E-state index in [0.29, 0.717) is 0 Å². The van der Waals surface area contributed by atoms with Gasteiger partial charge in [-0.05, 0) is 43.3 Å². The molecule has 0 N–H and O–H groups in total. The average molecular weight is 400 g/mol. The number of Topliss-reactive ketones (excluding diaryl/α,β-unsaturated/α-hetero) is 1. The van der Waals surface area contributed by atoms with Gasteiger partial charge in [0.15, 0.2) is 6.10 Å². The third-order valence-electron chi connectivity index (χ3n) is 3.39. The molecule has 0 aliphatic rings. The van der Waals surface area contributed by atoms with Crippen LogP contribution in [0.2, 0.25) is 5.02 Å². The van der Waals surface area contributed by atoms with Crippen LogP contribution < -0.4 is 4.74 Å². The molecule has 142 valence electrons. The van der Waals surface area contributed by atoms with E-state index in [1.165, 1.54) is 25.1 Å². The zero-order chi connectivity index (χ0) is 20.1. The number of benzene rings is 2. The van der Waals surface area contributed by atoms with Crippen LogP contribution in [0.3, 0.4) is 0 Å². The summed E-state index contributed by atoms with van der Waals surface area (Å²) in [6, 6.07) is 8.14. The lowest BCUT2D eigenvalue weighted by Gasteiger charge is -2.13. The van der Waals surface area contributed by atoms with Crippen LogP contribution in [0.15, 0.2) is 42.5 Å². The second kappa shape index (κ2) is 8.54. The first kappa shape index (κ1) is 20.2. The fraction of sp³-hybridized carbons (Fsp3) is 0.176. The molecule has 0 radical (unpaired) electrons. The normalized spacial score (nSPS) is 11.7. The topological polar surface area (TPSA) is 95.7 Å². The number of nitro benzene ring substituents is 1. The lowest BCUT2D eigenvalue weighted by atomic mass is 10.1. The Bertz CT molecular complexity index is 872. The summed E-state index contributed by atoms with van der Waals surface area (Å²) in [5.74, 6) is -1.86. The lowest BCUT2D eigenvalue weighted by molar-refractivity contribution is -0.385. The van der Waals surface area contributed by atoms with Crippen LogP contribution in [0.4, 0.5) is 14.5 Å². The maximum Gasteiger partial charge on any atom is 0.387 e. The Morgan fingerprint density at radius 1 is 1.15 bits per heavy atom. The van der Waals surface area contributed by atoms with Gasteiger partial charge in [-0.15, -0.1) is 0 Å². The van der Waals surface area contributed by atoms with Gasteiger partial charge in [-0.3, -0.25) is 14.9 Å². The summed E-state index contributed by atoms with van der Waals surface area (Å²) in [6.45, 7) is -1.72. The molecule has 0 aliphatic carbocycles. The monoisotopic (exact) mass is 399 g/mol. The third kappa shape index (κ3) is 5.20. The Morgan fingerprint density at radius 2 is 1.78 bits per heavy atom. The molecule has 2 aromatic rings. The molecule has 0 heterocycles. The molecule has 0 aliphatic heterocycles. The van der Waals surface area contributed by atoms with Crippen molar-refractivity contribution in [3.63, 3.8) is 0 Å². The van der Waals surface area contributed by atoms with E-state index in [1.807, 2.05) is 0 Å². The molecule has 0 amide bonds. The molecule has 1 atom stereocenters. The summed E-state index contributed by atoms with van der Waals surface area (Å²) < 4.78 is 33.4. The van der Waals surface area contributed by atoms with Crippen LogP contribution in [0.25, 0.3) is 0 Å². The quantitative estimate of drug-likeness (QED) is 0.298. The van der Waals surface area contributed by atoms with Crippen LogP contribution in [-0.4, -0.2) is 29.4 Å². The number of ether oxygens (including phenoxy) is 2. The van der Waals surface area contributed by atoms with Crippen molar-refractivity contribution in [1.29, 1.82) is 0 Å². The number of alkyl halides is 2. The fourth-order valence-electron chi connectivity index (χ4n) is 2.14. The summed E-state index contributed by atoms with van der Waals surface area (Å²) in [5.41, 5.74) is -0.831. The molecule has 0 saturated carbocycles. The van der Waals surface area contributed by atoms with Crippen LogP contribution in [0, 0.1) is 10.1 Å². The Morgan fingerprint density at radius 3 is 2.33 bits per heavy atom. The summed E-state index contributed by atoms with van der Waals surface area (Å²) in [4.78, 5) is 34.7. The lowest BCUT2D eigenvalue weighted by Crippen LogP contribution is -2.24. The van der Waals surface area contributed by atoms with Gasteiger partial charge in [-0.25, -0.2) is 4.79 Å². The minimum Gasteiger partial charge on any atom is -0.450 e. The molecule has 2 aromatic carbocycles. The zero-order valence-corrected chi connectivity index (χ0v) is 14.5. The first-order chi connectivity index (χ1) is 12.7. The van der Waals surface area contributed by atoms with Gasteiger partial charge in [-0.1, -0.05) is 11.6 Å². The van der Waals surface area contributed by atoms with Gasteiger partial charge in [-0.2, -0.15) is 8.78 Å². The Balaban J connectivity index is 2.13. The van der Waals surface area contributed by atoms with Crippen molar-refractivity contribution in [3.05, 3.63) is 68.7 Å². The van der Waals surface area contributed by atoms with Gasteiger partial charge >= 0.3 is 12.6 Å². The van der Waals surface area contributed by atoms with Gasteiger partial charge < -0.3 is 9.47 Å². The molecule has 10 heteroatoms.